The van der Waals surface area contributed by atoms with E-state index in [0.717, 1.165) is 31.9 Å². The van der Waals surface area contributed by atoms with E-state index in [0.29, 0.717) is 17.3 Å². The second kappa shape index (κ2) is 8.23. The average Bonchev–Trinajstić information content (AvgIpc) is 2.65. The third kappa shape index (κ3) is 4.65. The maximum Gasteiger partial charge on any atom is 0.321 e. The number of nitrogens with zero attached hydrogens (tertiary/aromatic N) is 2. The summed E-state index contributed by atoms with van der Waals surface area (Å²) in [6, 6.07) is 15.3. The predicted octanol–water partition coefficient (Wildman–Crippen LogP) is 3.84. The van der Waals surface area contributed by atoms with Crippen molar-refractivity contribution in [2.45, 2.75) is 6.54 Å². The van der Waals surface area contributed by atoms with Gasteiger partial charge >= 0.3 is 6.03 Å². The molecule has 1 heterocycles. The molecule has 3 rings (SSSR count). The van der Waals surface area contributed by atoms with Crippen LogP contribution in [0.5, 0.6) is 0 Å². The molecule has 6 heteroatoms. The summed E-state index contributed by atoms with van der Waals surface area (Å²) >= 11 is 6.08. The van der Waals surface area contributed by atoms with E-state index in [-0.39, 0.29) is 6.03 Å². The van der Waals surface area contributed by atoms with Crippen LogP contribution >= 0.6 is 11.6 Å². The Morgan fingerprint density at radius 2 is 1.84 bits per heavy atom. The van der Waals surface area contributed by atoms with Gasteiger partial charge in [-0.05, 0) is 29.8 Å². The van der Waals surface area contributed by atoms with E-state index >= 15 is 0 Å². The summed E-state index contributed by atoms with van der Waals surface area (Å²) in [7, 11) is 1.77. The van der Waals surface area contributed by atoms with Crippen molar-refractivity contribution in [3.05, 3.63) is 59.1 Å². The van der Waals surface area contributed by atoms with Gasteiger partial charge in [0.1, 0.15) is 0 Å². The lowest BCUT2D eigenvalue weighted by Gasteiger charge is -2.29. The fourth-order valence-electron chi connectivity index (χ4n) is 2.75. The molecule has 0 radical (unpaired) electrons. The summed E-state index contributed by atoms with van der Waals surface area (Å²) in [4.78, 5) is 16.3. The Hall–Kier alpha value is -2.24. The number of rotatable bonds is 4. The highest BCUT2D eigenvalue weighted by molar-refractivity contribution is 6.33. The van der Waals surface area contributed by atoms with Crippen LogP contribution in [0, 0.1) is 0 Å². The maximum absolute atomic E-state index is 12.3. The van der Waals surface area contributed by atoms with Crippen molar-refractivity contribution in [3.63, 3.8) is 0 Å². The molecule has 0 atom stereocenters. The van der Waals surface area contributed by atoms with Crippen LogP contribution in [0.25, 0.3) is 0 Å². The Kier molecular flexibility index (Phi) is 5.79. The van der Waals surface area contributed by atoms with Gasteiger partial charge in [0.05, 0.1) is 23.9 Å². The van der Waals surface area contributed by atoms with Gasteiger partial charge in [0.2, 0.25) is 0 Å². The van der Waals surface area contributed by atoms with Gasteiger partial charge in [0, 0.05) is 32.4 Å². The van der Waals surface area contributed by atoms with E-state index in [1.807, 2.05) is 12.1 Å². The Bertz CT molecular complexity index is 715. The quantitative estimate of drug-likeness (QED) is 0.902. The second-order valence-electron chi connectivity index (χ2n) is 6.03. The molecule has 5 nitrogen and oxygen atoms in total. The highest BCUT2D eigenvalue weighted by atomic mass is 35.5. The Balaban J connectivity index is 1.57. The topological polar surface area (TPSA) is 44.8 Å². The number of benzene rings is 2. The zero-order valence-electron chi connectivity index (χ0n) is 14.2. The Labute approximate surface area is 153 Å². The van der Waals surface area contributed by atoms with Gasteiger partial charge in [-0.15, -0.1) is 0 Å². The first-order chi connectivity index (χ1) is 12.1. The third-order valence-corrected chi connectivity index (χ3v) is 4.52. The molecule has 25 heavy (non-hydrogen) atoms. The van der Waals surface area contributed by atoms with Crippen LogP contribution in [-0.4, -0.2) is 44.3 Å². The van der Waals surface area contributed by atoms with E-state index < -0.39 is 0 Å². The Morgan fingerprint density at radius 1 is 1.16 bits per heavy atom. The molecule has 0 aromatic heterocycles. The summed E-state index contributed by atoms with van der Waals surface area (Å²) in [6.07, 6.45) is 0. The van der Waals surface area contributed by atoms with Gasteiger partial charge in [-0.25, -0.2) is 4.79 Å². The van der Waals surface area contributed by atoms with Crippen molar-refractivity contribution < 1.29 is 9.53 Å². The van der Waals surface area contributed by atoms with Crippen molar-refractivity contribution in [2.75, 3.05) is 43.6 Å². The van der Waals surface area contributed by atoms with Crippen LogP contribution < -0.4 is 10.2 Å². The fourth-order valence-corrected chi connectivity index (χ4v) is 2.94. The van der Waals surface area contributed by atoms with Crippen molar-refractivity contribution in [1.29, 1.82) is 0 Å². The molecule has 132 valence electrons. The first-order valence-corrected chi connectivity index (χ1v) is 8.69. The molecular weight excluding hydrogens is 338 g/mol. The van der Waals surface area contributed by atoms with Gasteiger partial charge in [-0.2, -0.15) is 0 Å². The highest BCUT2D eigenvalue weighted by Crippen LogP contribution is 2.21. The summed E-state index contributed by atoms with van der Waals surface area (Å²) in [5, 5.41) is 3.35. The summed E-state index contributed by atoms with van der Waals surface area (Å²) < 4.78 is 5.38. The largest absolute Gasteiger partial charge is 0.378 e. The number of urea groups is 1. The van der Waals surface area contributed by atoms with Crippen LogP contribution in [0.3, 0.4) is 0 Å². The van der Waals surface area contributed by atoms with E-state index in [9.17, 15) is 4.79 Å². The van der Waals surface area contributed by atoms with Gasteiger partial charge in [0.15, 0.2) is 0 Å². The molecule has 1 aliphatic rings. The standard InChI is InChI=1S/C19H22ClN3O2/c1-22(19(24)21-18-5-3-2-4-17(18)20)14-15-6-8-16(9-7-15)23-10-12-25-13-11-23/h2-9H,10-14H2,1H3,(H,21,24). The molecule has 1 fully saturated rings. The minimum Gasteiger partial charge on any atom is -0.378 e. The lowest BCUT2D eigenvalue weighted by molar-refractivity contribution is 0.122. The number of carbonyl (C=O) groups excluding carboxylic acids is 1. The van der Waals surface area contributed by atoms with Gasteiger partial charge in [0.25, 0.3) is 0 Å². The number of carbonyl (C=O) groups is 1. The summed E-state index contributed by atoms with van der Waals surface area (Å²) in [5.41, 5.74) is 2.88. The van der Waals surface area contributed by atoms with E-state index in [1.165, 1.54) is 5.69 Å². The maximum atomic E-state index is 12.3. The van der Waals surface area contributed by atoms with Crippen LogP contribution in [0.2, 0.25) is 5.02 Å². The molecule has 1 N–H and O–H groups in total. The Morgan fingerprint density at radius 3 is 2.52 bits per heavy atom. The number of amides is 2. The number of hydrogen-bond donors (Lipinski definition) is 1. The van der Waals surface area contributed by atoms with Crippen LogP contribution in [0.4, 0.5) is 16.2 Å². The molecule has 2 aromatic carbocycles. The zero-order valence-corrected chi connectivity index (χ0v) is 15.0. The van der Waals surface area contributed by atoms with Crippen LogP contribution in [0.15, 0.2) is 48.5 Å². The molecular formula is C19H22ClN3O2. The fraction of sp³-hybridized carbons (Fsp3) is 0.316. The van der Waals surface area contributed by atoms with E-state index in [2.05, 4.69) is 34.5 Å². The molecule has 2 aromatic rings. The smallest absolute Gasteiger partial charge is 0.321 e. The normalized spacial score (nSPS) is 14.2. The van der Waals surface area contributed by atoms with Crippen molar-refractivity contribution in [1.82, 2.24) is 4.90 Å². The summed E-state index contributed by atoms with van der Waals surface area (Å²) in [6.45, 7) is 3.90. The molecule has 0 spiro atoms. The number of nitrogens with one attached hydrogen (secondary N) is 1. The lowest BCUT2D eigenvalue weighted by Crippen LogP contribution is -2.36. The van der Waals surface area contributed by atoms with Crippen LogP contribution in [0.1, 0.15) is 5.56 Å². The average molecular weight is 360 g/mol. The highest BCUT2D eigenvalue weighted by Gasteiger charge is 2.13. The first kappa shape index (κ1) is 17.6. The first-order valence-electron chi connectivity index (χ1n) is 8.32. The molecule has 0 aliphatic carbocycles. The second-order valence-corrected chi connectivity index (χ2v) is 6.44. The third-order valence-electron chi connectivity index (χ3n) is 4.19. The van der Waals surface area contributed by atoms with E-state index in [1.54, 1.807) is 24.1 Å². The van der Waals surface area contributed by atoms with E-state index in [4.69, 9.17) is 16.3 Å². The zero-order chi connectivity index (χ0) is 17.6. The minimum atomic E-state index is -0.189. The molecule has 2 amide bonds. The molecule has 0 unspecified atom stereocenters. The summed E-state index contributed by atoms with van der Waals surface area (Å²) in [5.74, 6) is 0. The van der Waals surface area contributed by atoms with Crippen molar-refractivity contribution in [2.24, 2.45) is 0 Å². The van der Waals surface area contributed by atoms with Crippen molar-refractivity contribution >= 4 is 29.0 Å². The monoisotopic (exact) mass is 359 g/mol. The molecule has 1 saturated heterocycles. The molecule has 0 saturated carbocycles. The van der Waals surface area contributed by atoms with Crippen molar-refractivity contribution in [3.8, 4) is 0 Å². The number of halogens is 1. The van der Waals surface area contributed by atoms with Crippen LogP contribution in [-0.2, 0) is 11.3 Å². The number of ether oxygens (including phenoxy) is 1. The lowest BCUT2D eigenvalue weighted by atomic mass is 10.2. The predicted molar refractivity (Wildman–Crippen MR) is 101 cm³/mol. The number of hydrogen-bond acceptors (Lipinski definition) is 3. The van der Waals surface area contributed by atoms with Gasteiger partial charge in [-0.1, -0.05) is 35.9 Å². The molecule has 1 aliphatic heterocycles. The number of morpholine rings is 1. The SMILES string of the molecule is CN(Cc1ccc(N2CCOCC2)cc1)C(=O)Nc1ccccc1Cl. The molecule has 0 bridgehead atoms. The minimum absolute atomic E-state index is 0.189. The van der Waals surface area contributed by atoms with Gasteiger partial charge < -0.3 is 19.9 Å². The number of para-hydroxylation sites is 1. The van der Waals surface area contributed by atoms with Gasteiger partial charge in [-0.3, -0.25) is 0 Å². The number of anilines is 2.